The minimum absolute atomic E-state index is 0.478. The third kappa shape index (κ3) is 4.21. The van der Waals surface area contributed by atoms with Crippen molar-refractivity contribution in [3.05, 3.63) is 47.7 Å². The van der Waals surface area contributed by atoms with E-state index >= 15 is 0 Å². The van der Waals surface area contributed by atoms with Gasteiger partial charge in [-0.15, -0.1) is 0 Å². The smallest absolute Gasteiger partial charge is 0.0488 e. The van der Waals surface area contributed by atoms with Crippen molar-refractivity contribution >= 4 is 10.9 Å². The summed E-state index contributed by atoms with van der Waals surface area (Å²) in [6, 6.07) is 9.26. The Bertz CT molecular complexity index is 716. The Labute approximate surface area is 157 Å². The van der Waals surface area contributed by atoms with Crippen molar-refractivity contribution in [3.63, 3.8) is 0 Å². The summed E-state index contributed by atoms with van der Waals surface area (Å²) >= 11 is 0. The summed E-state index contributed by atoms with van der Waals surface area (Å²) < 4.78 is 0. The monoisotopic (exact) mass is 351 g/mol. The highest BCUT2D eigenvalue weighted by molar-refractivity contribution is 5.85. The van der Waals surface area contributed by atoms with Crippen LogP contribution < -0.4 is 5.32 Å². The Kier molecular flexibility index (Phi) is 6.08. The Hall–Kier alpha value is -1.58. The summed E-state index contributed by atoms with van der Waals surface area (Å²) in [4.78, 5) is 6.43. The third-order valence-corrected chi connectivity index (χ3v) is 6.05. The lowest BCUT2D eigenvalue weighted by atomic mass is 9.97. The minimum Gasteiger partial charge on any atom is -0.357 e. The van der Waals surface area contributed by atoms with Gasteiger partial charge in [-0.1, -0.05) is 30.4 Å². The molecule has 0 spiro atoms. The summed E-state index contributed by atoms with van der Waals surface area (Å²) in [5.41, 5.74) is 4.29. The maximum absolute atomic E-state index is 3.77. The molecule has 1 unspecified atom stereocenters. The molecule has 0 bridgehead atoms. The molecule has 1 atom stereocenters. The number of allylic oxidation sites excluding steroid dienone is 2. The van der Waals surface area contributed by atoms with Gasteiger partial charge in [0.15, 0.2) is 0 Å². The van der Waals surface area contributed by atoms with Gasteiger partial charge in [0, 0.05) is 22.6 Å². The zero-order valence-electron chi connectivity index (χ0n) is 16.0. The molecule has 3 heteroatoms. The van der Waals surface area contributed by atoms with Gasteiger partial charge in [0.25, 0.3) is 0 Å². The quantitative estimate of drug-likeness (QED) is 0.766. The number of hydrogen-bond acceptors (Lipinski definition) is 2. The highest BCUT2D eigenvalue weighted by Crippen LogP contribution is 2.31. The molecule has 3 nitrogen and oxygen atoms in total. The molecule has 0 saturated heterocycles. The number of aromatic nitrogens is 1. The van der Waals surface area contributed by atoms with Gasteiger partial charge < -0.3 is 15.2 Å². The third-order valence-electron chi connectivity index (χ3n) is 6.05. The fourth-order valence-electron chi connectivity index (χ4n) is 4.59. The van der Waals surface area contributed by atoms with E-state index in [0.29, 0.717) is 6.04 Å². The van der Waals surface area contributed by atoms with Gasteiger partial charge in [-0.3, -0.25) is 0 Å². The number of nitrogens with zero attached hydrogens (tertiary/aromatic N) is 1. The molecule has 0 saturated carbocycles. The van der Waals surface area contributed by atoms with Crippen LogP contribution in [0.15, 0.2) is 36.4 Å². The molecule has 4 rings (SSSR count). The van der Waals surface area contributed by atoms with Gasteiger partial charge >= 0.3 is 0 Å². The molecule has 140 valence electrons. The van der Waals surface area contributed by atoms with Crippen molar-refractivity contribution in [2.75, 3.05) is 26.2 Å². The van der Waals surface area contributed by atoms with Crippen LogP contribution in [-0.2, 0) is 6.42 Å². The summed E-state index contributed by atoms with van der Waals surface area (Å²) in [6.45, 7) is 4.84. The average Bonchev–Trinajstić information content (AvgIpc) is 3.03. The number of H-pyrrole nitrogens is 1. The Morgan fingerprint density at radius 3 is 2.54 bits per heavy atom. The number of para-hydroxylation sites is 1. The van der Waals surface area contributed by atoms with Crippen molar-refractivity contribution in [3.8, 4) is 0 Å². The maximum atomic E-state index is 3.77. The largest absolute Gasteiger partial charge is 0.357 e. The van der Waals surface area contributed by atoms with Crippen LogP contribution in [0.5, 0.6) is 0 Å². The van der Waals surface area contributed by atoms with Gasteiger partial charge in [0.1, 0.15) is 0 Å². The highest BCUT2D eigenvalue weighted by atomic mass is 15.1. The number of nitrogens with one attached hydrogen (secondary N) is 2. The molecule has 1 aromatic carbocycles. The van der Waals surface area contributed by atoms with E-state index in [0.717, 1.165) is 13.0 Å². The van der Waals surface area contributed by atoms with Crippen LogP contribution in [0.2, 0.25) is 0 Å². The van der Waals surface area contributed by atoms with E-state index in [4.69, 9.17) is 0 Å². The van der Waals surface area contributed by atoms with Crippen molar-refractivity contribution in [2.24, 2.45) is 0 Å². The second-order valence-electron chi connectivity index (χ2n) is 7.91. The molecular formula is C23H33N3. The van der Waals surface area contributed by atoms with Gasteiger partial charge in [-0.25, -0.2) is 0 Å². The molecule has 2 aromatic rings. The minimum atomic E-state index is 0.478. The molecule has 3 heterocycles. The van der Waals surface area contributed by atoms with Gasteiger partial charge in [0.05, 0.1) is 0 Å². The zero-order valence-corrected chi connectivity index (χ0v) is 16.0. The fraction of sp³-hybridized carbons (Fsp3) is 0.565. The van der Waals surface area contributed by atoms with Crippen LogP contribution >= 0.6 is 0 Å². The van der Waals surface area contributed by atoms with Crippen LogP contribution in [-0.4, -0.2) is 36.1 Å². The number of hydrogen-bond donors (Lipinski definition) is 2. The molecule has 2 aliphatic rings. The van der Waals surface area contributed by atoms with Gasteiger partial charge in [0.2, 0.25) is 0 Å². The predicted octanol–water partition coefficient (Wildman–Crippen LogP) is 4.96. The normalized spacial score (nSPS) is 22.8. The fourth-order valence-corrected chi connectivity index (χ4v) is 4.59. The highest BCUT2D eigenvalue weighted by Gasteiger charge is 2.24. The first kappa shape index (κ1) is 17.8. The molecule has 2 N–H and O–H groups in total. The molecule has 0 radical (unpaired) electrons. The van der Waals surface area contributed by atoms with E-state index in [-0.39, 0.29) is 0 Å². The summed E-state index contributed by atoms with van der Waals surface area (Å²) in [5, 5.41) is 5.20. The van der Waals surface area contributed by atoms with Crippen molar-refractivity contribution in [1.29, 1.82) is 0 Å². The maximum Gasteiger partial charge on any atom is 0.0488 e. The first-order chi connectivity index (χ1) is 12.9. The molecular weight excluding hydrogens is 318 g/mol. The van der Waals surface area contributed by atoms with Crippen LogP contribution in [0, 0.1) is 0 Å². The van der Waals surface area contributed by atoms with Crippen LogP contribution in [0.1, 0.15) is 62.2 Å². The topological polar surface area (TPSA) is 31.1 Å². The molecule has 0 amide bonds. The standard InChI is InChI=1S/C23H33N3/c1-2-4-6-10-17-26(16-9-5-3-1)18-14-22-23-20(13-15-24-22)19-11-7-8-12-21(19)25-23/h1-2,7-8,11-12,22,24-25H,3-6,9-10,13-18H2. The SMILES string of the molecule is C1=CCCCCN(CCC2NCCc3c2[nH]c2ccccc32)CCCC1. The van der Waals surface area contributed by atoms with E-state index in [1.54, 1.807) is 5.56 Å². The molecule has 0 aliphatic carbocycles. The van der Waals surface area contributed by atoms with Crippen LogP contribution in [0.4, 0.5) is 0 Å². The van der Waals surface area contributed by atoms with Crippen molar-refractivity contribution in [2.45, 2.75) is 57.4 Å². The average molecular weight is 352 g/mol. The van der Waals surface area contributed by atoms with Crippen LogP contribution in [0.3, 0.4) is 0 Å². The second-order valence-corrected chi connectivity index (χ2v) is 7.91. The van der Waals surface area contributed by atoms with E-state index < -0.39 is 0 Å². The second kappa shape index (κ2) is 8.88. The molecule has 0 fully saturated rings. The van der Waals surface area contributed by atoms with E-state index in [1.165, 1.54) is 81.2 Å². The predicted molar refractivity (Wildman–Crippen MR) is 111 cm³/mol. The van der Waals surface area contributed by atoms with E-state index in [1.807, 2.05) is 0 Å². The number of aromatic amines is 1. The lowest BCUT2D eigenvalue weighted by molar-refractivity contribution is 0.245. The molecule has 26 heavy (non-hydrogen) atoms. The Morgan fingerprint density at radius 1 is 0.962 bits per heavy atom. The summed E-state index contributed by atoms with van der Waals surface area (Å²) in [6.07, 6.45) is 15.0. The first-order valence-corrected chi connectivity index (χ1v) is 10.6. The molecule has 2 aliphatic heterocycles. The number of fused-ring (bicyclic) bond motifs is 3. The molecule has 1 aromatic heterocycles. The number of benzene rings is 1. The van der Waals surface area contributed by atoms with Gasteiger partial charge in [-0.05, 0) is 89.2 Å². The Morgan fingerprint density at radius 2 is 1.73 bits per heavy atom. The van der Waals surface area contributed by atoms with Crippen LogP contribution in [0.25, 0.3) is 10.9 Å². The van der Waals surface area contributed by atoms with E-state index in [9.17, 15) is 0 Å². The Balaban J connectivity index is 1.40. The lowest BCUT2D eigenvalue weighted by Crippen LogP contribution is -2.34. The van der Waals surface area contributed by atoms with E-state index in [2.05, 4.69) is 51.6 Å². The summed E-state index contributed by atoms with van der Waals surface area (Å²) in [5.74, 6) is 0. The van der Waals surface area contributed by atoms with Crippen molar-refractivity contribution in [1.82, 2.24) is 15.2 Å². The lowest BCUT2D eigenvalue weighted by Gasteiger charge is -2.28. The summed E-state index contributed by atoms with van der Waals surface area (Å²) in [7, 11) is 0. The zero-order chi connectivity index (χ0) is 17.6. The number of rotatable bonds is 3. The first-order valence-electron chi connectivity index (χ1n) is 10.6. The van der Waals surface area contributed by atoms with Gasteiger partial charge in [-0.2, -0.15) is 0 Å². The van der Waals surface area contributed by atoms with Crippen molar-refractivity contribution < 1.29 is 0 Å².